The molecule has 0 bridgehead atoms. The molecule has 2 aromatic heterocycles. The number of hydrogen-bond donors (Lipinski definition) is 2. The largest absolute Gasteiger partial charge is 0.496 e. The van der Waals surface area contributed by atoms with E-state index in [2.05, 4.69) is 50.1 Å². The van der Waals surface area contributed by atoms with E-state index >= 15 is 0 Å². The van der Waals surface area contributed by atoms with Gasteiger partial charge in [-0.3, -0.25) is 0 Å². The quantitative estimate of drug-likeness (QED) is 0.660. The van der Waals surface area contributed by atoms with E-state index in [0.29, 0.717) is 11.7 Å². The third-order valence-corrected chi connectivity index (χ3v) is 4.86. The zero-order valence-electron chi connectivity index (χ0n) is 16.6. The van der Waals surface area contributed by atoms with Crippen LogP contribution >= 0.6 is 0 Å². The van der Waals surface area contributed by atoms with Crippen molar-refractivity contribution in [2.45, 2.75) is 39.7 Å². The van der Waals surface area contributed by atoms with Crippen LogP contribution in [0.3, 0.4) is 0 Å². The minimum absolute atomic E-state index is 0.0540. The summed E-state index contributed by atoms with van der Waals surface area (Å²) in [5, 5.41) is 17.6. The fourth-order valence-electron chi connectivity index (χ4n) is 3.03. The normalized spacial score (nSPS) is 12.7. The molecule has 0 aliphatic carbocycles. The molecule has 0 unspecified atom stereocenters. The molecule has 0 amide bonds. The summed E-state index contributed by atoms with van der Waals surface area (Å²) in [6.07, 6.45) is 1.82. The summed E-state index contributed by atoms with van der Waals surface area (Å²) in [6, 6.07) is 9.98. The lowest BCUT2D eigenvalue weighted by Gasteiger charge is -2.20. The summed E-state index contributed by atoms with van der Waals surface area (Å²) < 4.78 is 7.40. The first-order valence-electron chi connectivity index (χ1n) is 9.35. The SMILES string of the molecule is COc1ccc(C(C)C)cc1-c1cnc2ccc(N[C@H](CO)C(C)C)nn12. The van der Waals surface area contributed by atoms with Crippen molar-refractivity contribution in [2.75, 3.05) is 19.0 Å². The van der Waals surface area contributed by atoms with Crippen LogP contribution in [0, 0.1) is 5.92 Å². The van der Waals surface area contributed by atoms with Crippen LogP contribution in [0.5, 0.6) is 5.75 Å². The molecule has 1 atom stereocenters. The number of hydrogen-bond acceptors (Lipinski definition) is 5. The smallest absolute Gasteiger partial charge is 0.154 e. The number of aliphatic hydroxyl groups is 1. The summed E-state index contributed by atoms with van der Waals surface area (Å²) in [4.78, 5) is 4.49. The highest BCUT2D eigenvalue weighted by molar-refractivity contribution is 5.71. The number of imidazole rings is 1. The number of fused-ring (bicyclic) bond motifs is 1. The van der Waals surface area contributed by atoms with Gasteiger partial charge in [-0.05, 0) is 41.7 Å². The van der Waals surface area contributed by atoms with Gasteiger partial charge in [0.15, 0.2) is 5.65 Å². The molecular formula is C21H28N4O2. The first-order valence-corrected chi connectivity index (χ1v) is 9.35. The fourth-order valence-corrected chi connectivity index (χ4v) is 3.03. The zero-order chi connectivity index (χ0) is 19.6. The molecule has 0 aliphatic heterocycles. The lowest BCUT2D eigenvalue weighted by atomic mass is 9.99. The number of nitrogens with zero attached hydrogens (tertiary/aromatic N) is 3. The van der Waals surface area contributed by atoms with Gasteiger partial charge in [-0.25, -0.2) is 9.50 Å². The minimum Gasteiger partial charge on any atom is -0.496 e. The lowest BCUT2D eigenvalue weighted by molar-refractivity contribution is 0.249. The van der Waals surface area contributed by atoms with Gasteiger partial charge < -0.3 is 15.2 Å². The molecule has 0 radical (unpaired) electrons. The summed E-state index contributed by atoms with van der Waals surface area (Å²) in [6.45, 7) is 8.52. The number of ether oxygens (including phenoxy) is 1. The van der Waals surface area contributed by atoms with Gasteiger partial charge >= 0.3 is 0 Å². The van der Waals surface area contributed by atoms with E-state index in [0.717, 1.165) is 22.7 Å². The summed E-state index contributed by atoms with van der Waals surface area (Å²) in [5.41, 5.74) is 3.83. The first-order chi connectivity index (χ1) is 12.9. The molecule has 0 fully saturated rings. The van der Waals surface area contributed by atoms with Crippen LogP contribution in [0.15, 0.2) is 36.5 Å². The van der Waals surface area contributed by atoms with Crippen molar-refractivity contribution in [3.8, 4) is 17.0 Å². The molecule has 0 saturated carbocycles. The number of anilines is 1. The predicted molar refractivity (Wildman–Crippen MR) is 108 cm³/mol. The first kappa shape index (κ1) is 19.2. The van der Waals surface area contributed by atoms with Crippen molar-refractivity contribution in [3.63, 3.8) is 0 Å². The van der Waals surface area contributed by atoms with Crippen LogP contribution in [0.4, 0.5) is 5.82 Å². The molecule has 144 valence electrons. The third-order valence-electron chi connectivity index (χ3n) is 4.86. The maximum absolute atomic E-state index is 9.59. The molecule has 3 rings (SSSR count). The highest BCUT2D eigenvalue weighted by Crippen LogP contribution is 2.33. The van der Waals surface area contributed by atoms with Crippen LogP contribution < -0.4 is 10.1 Å². The van der Waals surface area contributed by atoms with Crippen molar-refractivity contribution >= 4 is 11.5 Å². The van der Waals surface area contributed by atoms with Crippen LogP contribution in [-0.2, 0) is 0 Å². The van der Waals surface area contributed by atoms with Gasteiger partial charge in [0.1, 0.15) is 11.6 Å². The average Bonchev–Trinajstić information content (AvgIpc) is 3.08. The topological polar surface area (TPSA) is 71.7 Å². The monoisotopic (exact) mass is 368 g/mol. The van der Waals surface area contributed by atoms with Gasteiger partial charge in [-0.2, -0.15) is 0 Å². The zero-order valence-corrected chi connectivity index (χ0v) is 16.6. The predicted octanol–water partition coefficient (Wildman–Crippen LogP) is 3.96. The molecule has 1 aromatic carbocycles. The Morgan fingerprint density at radius 3 is 2.56 bits per heavy atom. The van der Waals surface area contributed by atoms with E-state index in [1.807, 2.05) is 28.9 Å². The number of methoxy groups -OCH3 is 1. The van der Waals surface area contributed by atoms with Crippen molar-refractivity contribution in [1.29, 1.82) is 0 Å². The number of aromatic nitrogens is 3. The van der Waals surface area contributed by atoms with Crippen molar-refractivity contribution in [3.05, 3.63) is 42.1 Å². The van der Waals surface area contributed by atoms with Crippen LogP contribution in [0.2, 0.25) is 0 Å². The highest BCUT2D eigenvalue weighted by atomic mass is 16.5. The molecule has 6 nitrogen and oxygen atoms in total. The summed E-state index contributed by atoms with van der Waals surface area (Å²) >= 11 is 0. The number of nitrogens with one attached hydrogen (secondary N) is 1. The number of rotatable bonds is 7. The standard InChI is InChI=1S/C21H28N4O2/c1-13(2)15-6-7-19(27-5)16(10-15)18-11-22-21-9-8-20(24-25(18)21)23-17(12-26)14(3)4/h6-11,13-14,17,26H,12H2,1-5H3,(H,23,24)/t17-/m1/s1. The maximum atomic E-state index is 9.59. The van der Waals surface area contributed by atoms with E-state index in [-0.39, 0.29) is 18.6 Å². The number of aliphatic hydroxyl groups excluding tert-OH is 1. The van der Waals surface area contributed by atoms with Gasteiger partial charge in [0, 0.05) is 5.56 Å². The second-order valence-corrected chi connectivity index (χ2v) is 7.42. The second kappa shape index (κ2) is 7.96. The molecule has 27 heavy (non-hydrogen) atoms. The maximum Gasteiger partial charge on any atom is 0.154 e. The fraction of sp³-hybridized carbons (Fsp3) is 0.429. The molecule has 0 aliphatic rings. The van der Waals surface area contributed by atoms with Gasteiger partial charge in [0.25, 0.3) is 0 Å². The van der Waals surface area contributed by atoms with E-state index in [1.54, 1.807) is 7.11 Å². The van der Waals surface area contributed by atoms with Crippen molar-refractivity contribution < 1.29 is 9.84 Å². The Hall–Kier alpha value is -2.60. The summed E-state index contributed by atoms with van der Waals surface area (Å²) in [7, 11) is 1.67. The Bertz CT molecular complexity index is 918. The third kappa shape index (κ3) is 3.90. The van der Waals surface area contributed by atoms with Crippen LogP contribution in [0.1, 0.15) is 39.2 Å². The van der Waals surface area contributed by atoms with Gasteiger partial charge in [0.05, 0.1) is 31.6 Å². The Labute approximate surface area is 160 Å². The highest BCUT2D eigenvalue weighted by Gasteiger charge is 2.16. The molecule has 0 spiro atoms. The van der Waals surface area contributed by atoms with Gasteiger partial charge in [-0.1, -0.05) is 33.8 Å². The molecule has 3 aromatic rings. The number of benzene rings is 1. The molecule has 2 N–H and O–H groups in total. The minimum atomic E-state index is -0.0549. The Morgan fingerprint density at radius 1 is 1.15 bits per heavy atom. The van der Waals surface area contributed by atoms with Gasteiger partial charge in [-0.15, -0.1) is 5.10 Å². The van der Waals surface area contributed by atoms with Crippen LogP contribution in [-0.4, -0.2) is 39.5 Å². The molecule has 2 heterocycles. The molecule has 0 saturated heterocycles. The van der Waals surface area contributed by atoms with Gasteiger partial charge in [0.2, 0.25) is 0 Å². The van der Waals surface area contributed by atoms with Crippen molar-refractivity contribution in [2.24, 2.45) is 5.92 Å². The van der Waals surface area contributed by atoms with Crippen LogP contribution in [0.25, 0.3) is 16.9 Å². The molecule has 6 heteroatoms. The average molecular weight is 368 g/mol. The van der Waals surface area contributed by atoms with E-state index in [4.69, 9.17) is 9.84 Å². The lowest BCUT2D eigenvalue weighted by Crippen LogP contribution is -2.30. The molecular weight excluding hydrogens is 340 g/mol. The van der Waals surface area contributed by atoms with E-state index in [9.17, 15) is 5.11 Å². The van der Waals surface area contributed by atoms with E-state index < -0.39 is 0 Å². The van der Waals surface area contributed by atoms with Crippen molar-refractivity contribution in [1.82, 2.24) is 14.6 Å². The van der Waals surface area contributed by atoms with E-state index in [1.165, 1.54) is 5.56 Å². The summed E-state index contributed by atoms with van der Waals surface area (Å²) in [5.74, 6) is 2.19. The Morgan fingerprint density at radius 2 is 1.93 bits per heavy atom. The second-order valence-electron chi connectivity index (χ2n) is 7.42. The Kier molecular flexibility index (Phi) is 5.65. The Balaban J connectivity index is 2.08.